The highest BCUT2D eigenvalue weighted by Crippen LogP contribution is 2.54. The van der Waals surface area contributed by atoms with Gasteiger partial charge < -0.3 is 25.2 Å². The Hall–Kier alpha value is -3.92. The summed E-state index contributed by atoms with van der Waals surface area (Å²) in [6, 6.07) is 8.45. The summed E-state index contributed by atoms with van der Waals surface area (Å²) < 4.78 is 50.0. The number of phenols is 1. The van der Waals surface area contributed by atoms with Crippen LogP contribution in [-0.2, 0) is 0 Å². The zero-order chi connectivity index (χ0) is 27.4. The average Bonchev–Trinajstić information content (AvgIpc) is 3.29. The molecule has 10 heteroatoms. The van der Waals surface area contributed by atoms with E-state index in [0.717, 1.165) is 22.4 Å². The maximum absolute atomic E-state index is 12.7. The first-order valence-corrected chi connectivity index (χ1v) is 12.6. The molecular formula is C28H25F3N2O4S. The molecule has 0 fully saturated rings. The predicted molar refractivity (Wildman–Crippen MR) is 143 cm³/mol. The van der Waals surface area contributed by atoms with Gasteiger partial charge >= 0.3 is 6.18 Å². The van der Waals surface area contributed by atoms with Crippen molar-refractivity contribution in [2.75, 3.05) is 19.0 Å². The number of halogens is 3. The van der Waals surface area contributed by atoms with Gasteiger partial charge in [0.15, 0.2) is 11.5 Å². The van der Waals surface area contributed by atoms with Gasteiger partial charge in [0, 0.05) is 27.3 Å². The lowest BCUT2D eigenvalue weighted by atomic mass is 9.83. The summed E-state index contributed by atoms with van der Waals surface area (Å²) >= 11 is 1.22. The van der Waals surface area contributed by atoms with Crippen molar-refractivity contribution in [3.05, 3.63) is 63.4 Å². The van der Waals surface area contributed by atoms with Crippen molar-refractivity contribution >= 4 is 40.3 Å². The first-order chi connectivity index (χ1) is 17.9. The van der Waals surface area contributed by atoms with Crippen molar-refractivity contribution in [3.8, 4) is 28.4 Å². The Morgan fingerprint density at radius 1 is 1.18 bits per heavy atom. The highest BCUT2D eigenvalue weighted by atomic mass is 32.1. The van der Waals surface area contributed by atoms with Crippen LogP contribution >= 0.6 is 11.3 Å². The number of nitrogens with one attached hydrogen (secondary N) is 2. The molecule has 2 aliphatic heterocycles. The van der Waals surface area contributed by atoms with Gasteiger partial charge in [-0.25, -0.2) is 0 Å². The van der Waals surface area contributed by atoms with E-state index in [9.17, 15) is 23.1 Å². The molecule has 0 spiro atoms. The number of thiophene rings is 1. The lowest BCUT2D eigenvalue weighted by Gasteiger charge is -2.35. The van der Waals surface area contributed by atoms with E-state index in [2.05, 4.69) is 25.2 Å². The summed E-state index contributed by atoms with van der Waals surface area (Å²) in [5.41, 5.74) is 4.60. The average molecular weight is 543 g/mol. The highest BCUT2D eigenvalue weighted by molar-refractivity contribution is 7.11. The van der Waals surface area contributed by atoms with Crippen LogP contribution in [-0.4, -0.2) is 36.4 Å². The summed E-state index contributed by atoms with van der Waals surface area (Å²) in [4.78, 5) is 13.0. The molecule has 198 valence electrons. The molecule has 3 aromatic rings. The molecule has 1 aromatic heterocycles. The van der Waals surface area contributed by atoms with Crippen LogP contribution in [0, 0.1) is 0 Å². The number of amides is 1. The third kappa shape index (κ3) is 4.60. The predicted octanol–water partition coefficient (Wildman–Crippen LogP) is 6.92. The number of ether oxygens (including phenoxy) is 2. The number of carbonyl (C=O) groups excluding carboxylic acids is 1. The Morgan fingerprint density at radius 3 is 2.66 bits per heavy atom. The number of allylic oxidation sites excluding steroid dienone is 1. The number of fused-ring (bicyclic) bond motifs is 5. The van der Waals surface area contributed by atoms with Crippen molar-refractivity contribution < 1.29 is 32.5 Å². The zero-order valence-electron chi connectivity index (χ0n) is 21.0. The van der Waals surface area contributed by atoms with E-state index in [4.69, 9.17) is 9.47 Å². The molecule has 0 atom stereocenters. The second kappa shape index (κ2) is 9.13. The molecule has 0 saturated carbocycles. The maximum atomic E-state index is 12.7. The molecule has 2 aromatic carbocycles. The van der Waals surface area contributed by atoms with Crippen LogP contribution < -0.4 is 20.1 Å². The van der Waals surface area contributed by atoms with Crippen LogP contribution in [0.1, 0.15) is 47.1 Å². The maximum Gasteiger partial charge on any atom is 0.405 e. The normalized spacial score (nSPS) is 16.4. The number of hydrogen-bond acceptors (Lipinski definition) is 6. The van der Waals surface area contributed by atoms with Gasteiger partial charge in [-0.1, -0.05) is 12.1 Å². The van der Waals surface area contributed by atoms with Crippen LogP contribution in [0.5, 0.6) is 17.2 Å². The Kier molecular flexibility index (Phi) is 6.18. The quantitative estimate of drug-likeness (QED) is 0.334. The smallest absolute Gasteiger partial charge is 0.405 e. The first kappa shape index (κ1) is 25.7. The van der Waals surface area contributed by atoms with Gasteiger partial charge in [-0.05, 0) is 62.1 Å². The Morgan fingerprint density at radius 2 is 1.95 bits per heavy atom. The number of aromatic hydroxyl groups is 1. The molecule has 0 radical (unpaired) electrons. The fraction of sp³-hybridized carbons (Fsp3) is 0.250. The minimum absolute atomic E-state index is 0.0423. The number of phenolic OH excluding ortho intramolecular Hbond substituents is 1. The first-order valence-electron chi connectivity index (χ1n) is 11.8. The molecule has 2 aliphatic rings. The van der Waals surface area contributed by atoms with Crippen molar-refractivity contribution in [2.24, 2.45) is 0 Å². The van der Waals surface area contributed by atoms with Gasteiger partial charge in [0.1, 0.15) is 18.1 Å². The summed E-state index contributed by atoms with van der Waals surface area (Å²) in [7, 11) is 1.46. The number of methoxy groups -OCH3 is 1. The highest BCUT2D eigenvalue weighted by Gasteiger charge is 2.34. The van der Waals surface area contributed by atoms with E-state index < -0.39 is 18.6 Å². The Labute approximate surface area is 221 Å². The Balaban J connectivity index is 1.71. The molecule has 38 heavy (non-hydrogen) atoms. The van der Waals surface area contributed by atoms with Crippen LogP contribution in [0.2, 0.25) is 0 Å². The largest absolute Gasteiger partial charge is 0.504 e. The van der Waals surface area contributed by atoms with E-state index in [1.165, 1.54) is 30.6 Å². The van der Waals surface area contributed by atoms with Gasteiger partial charge in [0.2, 0.25) is 0 Å². The Bertz CT molecular complexity index is 1520. The summed E-state index contributed by atoms with van der Waals surface area (Å²) in [6.07, 6.45) is -0.751. The number of hydrogen-bond donors (Lipinski definition) is 3. The molecule has 0 unspecified atom stereocenters. The fourth-order valence-corrected chi connectivity index (χ4v) is 5.78. The standard InChI is InChI=1S/C28H25F3N2O4S/c1-14-12-27(2,3)33-17-6-5-16-23(22(14)17)20(37-19-8-7-18(34)25(36-4)24(16)19)11-21-15(9-10-38-21)26(35)32-13-28(29,30)31/h5-12,33-34H,13H2,1-4H3,(H,32,35). The molecule has 0 bridgehead atoms. The van der Waals surface area contributed by atoms with Crippen LogP contribution in [0.4, 0.5) is 18.9 Å². The van der Waals surface area contributed by atoms with E-state index in [1.54, 1.807) is 17.5 Å². The number of carbonyl (C=O) groups is 1. The molecule has 3 heterocycles. The molecule has 1 amide bonds. The minimum Gasteiger partial charge on any atom is -0.504 e. The van der Waals surface area contributed by atoms with Crippen LogP contribution in [0.3, 0.4) is 0 Å². The van der Waals surface area contributed by atoms with Crippen LogP contribution in [0.15, 0.2) is 41.8 Å². The molecular weight excluding hydrogens is 517 g/mol. The van der Waals surface area contributed by atoms with Gasteiger partial charge in [0.05, 0.1) is 23.8 Å². The van der Waals surface area contributed by atoms with Crippen molar-refractivity contribution in [3.63, 3.8) is 0 Å². The van der Waals surface area contributed by atoms with Crippen molar-refractivity contribution in [1.82, 2.24) is 5.32 Å². The van der Waals surface area contributed by atoms with Crippen molar-refractivity contribution in [2.45, 2.75) is 32.5 Å². The van der Waals surface area contributed by atoms with Gasteiger partial charge in [-0.3, -0.25) is 4.79 Å². The number of alkyl halides is 3. The fourth-order valence-electron chi connectivity index (χ4n) is 4.96. The molecule has 3 N–H and O–H groups in total. The number of rotatable bonds is 4. The van der Waals surface area contributed by atoms with E-state index >= 15 is 0 Å². The monoisotopic (exact) mass is 542 g/mol. The molecule has 5 rings (SSSR count). The summed E-state index contributed by atoms with van der Waals surface area (Å²) in [5.74, 6) is 0.242. The van der Waals surface area contributed by atoms with Crippen molar-refractivity contribution in [1.29, 1.82) is 0 Å². The second-order valence-corrected chi connectivity index (χ2v) is 10.6. The summed E-state index contributed by atoms with van der Waals surface area (Å²) in [5, 5.41) is 17.6. The molecule has 0 aliphatic carbocycles. The second-order valence-electron chi connectivity index (χ2n) is 9.68. The SMILES string of the molecule is COc1c(O)ccc2c1-c1ccc3c(c1C(=Cc1sccc1C(=O)NCC(F)(F)F)O2)C(C)=CC(C)(C)N3. The third-order valence-electron chi connectivity index (χ3n) is 6.32. The van der Waals surface area contributed by atoms with E-state index in [1.807, 2.05) is 24.4 Å². The number of anilines is 1. The van der Waals surface area contributed by atoms with E-state index in [-0.39, 0.29) is 22.6 Å². The topological polar surface area (TPSA) is 79.8 Å². The zero-order valence-corrected chi connectivity index (χ0v) is 21.9. The van der Waals surface area contributed by atoms with Crippen LogP contribution in [0.25, 0.3) is 28.5 Å². The third-order valence-corrected chi connectivity index (χ3v) is 7.19. The van der Waals surface area contributed by atoms with Gasteiger partial charge in [-0.15, -0.1) is 11.3 Å². The van der Waals surface area contributed by atoms with Gasteiger partial charge in [-0.2, -0.15) is 13.2 Å². The van der Waals surface area contributed by atoms with Gasteiger partial charge in [0.25, 0.3) is 5.91 Å². The molecule has 0 saturated heterocycles. The molecule has 6 nitrogen and oxygen atoms in total. The lowest BCUT2D eigenvalue weighted by Crippen LogP contribution is -2.33. The minimum atomic E-state index is -4.52. The number of benzene rings is 2. The lowest BCUT2D eigenvalue weighted by molar-refractivity contribution is -0.123. The summed E-state index contributed by atoms with van der Waals surface area (Å²) in [6.45, 7) is 4.68. The van der Waals surface area contributed by atoms with E-state index in [0.29, 0.717) is 27.5 Å².